The molecule has 0 fully saturated rings. The fraction of sp³-hybridized carbons (Fsp3) is 0.750. The number of aliphatic hydroxyl groups is 2. The molecule has 0 spiro atoms. The standard InChI is InChI=1S/C28H51NO3/c1-3-5-7-9-11-13-15-17-19-21-23-27(31)26(25-30)29-28(32)24-22-20-18-16-14-12-10-8-6-4-2/h10,12-13,15,21,23,26-27,30-31H,3-9,11,14,16-20,22,24-25H2,1-2H3,(H,29,32)/b12-10-,15-13+,23-21+. The van der Waals surface area contributed by atoms with E-state index in [9.17, 15) is 15.0 Å². The lowest BCUT2D eigenvalue weighted by molar-refractivity contribution is -0.123. The number of hydrogen-bond acceptors (Lipinski definition) is 3. The minimum absolute atomic E-state index is 0.0954. The van der Waals surface area contributed by atoms with Gasteiger partial charge in [0.1, 0.15) is 0 Å². The first kappa shape index (κ1) is 30.6. The van der Waals surface area contributed by atoms with E-state index in [2.05, 4.69) is 43.5 Å². The topological polar surface area (TPSA) is 69.6 Å². The van der Waals surface area contributed by atoms with Crippen molar-refractivity contribution in [1.29, 1.82) is 0 Å². The minimum atomic E-state index is -0.860. The maximum atomic E-state index is 12.1. The van der Waals surface area contributed by atoms with Crippen LogP contribution < -0.4 is 5.32 Å². The van der Waals surface area contributed by atoms with Gasteiger partial charge in [0.05, 0.1) is 18.8 Å². The summed E-state index contributed by atoms with van der Waals surface area (Å²) in [7, 11) is 0. The summed E-state index contributed by atoms with van der Waals surface area (Å²) in [5.74, 6) is -0.0954. The summed E-state index contributed by atoms with van der Waals surface area (Å²) in [6.07, 6.45) is 29.2. The van der Waals surface area contributed by atoms with Crippen LogP contribution in [0.2, 0.25) is 0 Å². The second-order valence-corrected chi connectivity index (χ2v) is 8.74. The van der Waals surface area contributed by atoms with Gasteiger partial charge in [-0.1, -0.05) is 95.2 Å². The van der Waals surface area contributed by atoms with E-state index < -0.39 is 12.1 Å². The first-order chi connectivity index (χ1) is 15.7. The van der Waals surface area contributed by atoms with Gasteiger partial charge in [-0.25, -0.2) is 0 Å². The Morgan fingerprint density at radius 3 is 1.88 bits per heavy atom. The number of unbranched alkanes of at least 4 members (excludes halogenated alkanes) is 11. The van der Waals surface area contributed by atoms with E-state index in [1.54, 1.807) is 6.08 Å². The van der Waals surface area contributed by atoms with Crippen LogP contribution in [0.4, 0.5) is 0 Å². The lowest BCUT2D eigenvalue weighted by Gasteiger charge is -2.19. The molecular formula is C28H51NO3. The van der Waals surface area contributed by atoms with Crippen LogP contribution in [0.1, 0.15) is 117 Å². The van der Waals surface area contributed by atoms with Crippen molar-refractivity contribution in [2.75, 3.05) is 6.61 Å². The highest BCUT2D eigenvalue weighted by Gasteiger charge is 2.17. The summed E-state index contributed by atoms with van der Waals surface area (Å²) in [6, 6.07) is -0.638. The zero-order chi connectivity index (χ0) is 23.7. The van der Waals surface area contributed by atoms with Crippen molar-refractivity contribution in [2.24, 2.45) is 0 Å². The second-order valence-electron chi connectivity index (χ2n) is 8.74. The number of allylic oxidation sites excluding steroid dienone is 5. The second kappa shape index (κ2) is 24.3. The Hall–Kier alpha value is -1.39. The zero-order valence-corrected chi connectivity index (χ0v) is 20.9. The molecular weight excluding hydrogens is 398 g/mol. The summed E-state index contributed by atoms with van der Waals surface area (Å²) < 4.78 is 0. The number of hydrogen-bond donors (Lipinski definition) is 3. The van der Waals surface area contributed by atoms with Crippen molar-refractivity contribution in [3.05, 3.63) is 36.5 Å². The monoisotopic (exact) mass is 449 g/mol. The van der Waals surface area contributed by atoms with Crippen molar-refractivity contribution >= 4 is 5.91 Å². The number of rotatable bonds is 22. The summed E-state index contributed by atoms with van der Waals surface area (Å²) in [5.41, 5.74) is 0. The van der Waals surface area contributed by atoms with E-state index in [0.717, 1.165) is 44.9 Å². The summed E-state index contributed by atoms with van der Waals surface area (Å²) in [6.45, 7) is 4.17. The van der Waals surface area contributed by atoms with E-state index in [4.69, 9.17) is 0 Å². The summed E-state index contributed by atoms with van der Waals surface area (Å²) in [4.78, 5) is 12.1. The van der Waals surface area contributed by atoms with Crippen LogP contribution in [0.15, 0.2) is 36.5 Å². The third kappa shape index (κ3) is 20.5. The molecule has 0 bridgehead atoms. The average molecular weight is 450 g/mol. The molecule has 2 atom stereocenters. The molecule has 0 radical (unpaired) electrons. The number of carbonyl (C=O) groups excluding carboxylic acids is 1. The van der Waals surface area contributed by atoms with Crippen LogP contribution in [-0.4, -0.2) is 34.9 Å². The lowest BCUT2D eigenvalue weighted by atomic mass is 10.1. The number of aliphatic hydroxyl groups excluding tert-OH is 2. The predicted octanol–water partition coefficient (Wildman–Crippen LogP) is 6.77. The maximum absolute atomic E-state index is 12.1. The molecule has 0 aromatic carbocycles. The predicted molar refractivity (Wildman–Crippen MR) is 138 cm³/mol. The molecule has 2 unspecified atom stereocenters. The molecule has 186 valence electrons. The molecule has 4 nitrogen and oxygen atoms in total. The van der Waals surface area contributed by atoms with Gasteiger partial charge in [0.25, 0.3) is 0 Å². The van der Waals surface area contributed by atoms with Crippen LogP contribution >= 0.6 is 0 Å². The third-order valence-electron chi connectivity index (χ3n) is 5.60. The van der Waals surface area contributed by atoms with Crippen LogP contribution in [-0.2, 0) is 4.79 Å². The van der Waals surface area contributed by atoms with Crippen molar-refractivity contribution in [2.45, 2.75) is 129 Å². The Kier molecular flexibility index (Phi) is 23.2. The smallest absolute Gasteiger partial charge is 0.220 e. The van der Waals surface area contributed by atoms with Gasteiger partial charge in [0.2, 0.25) is 5.91 Å². The molecule has 1 amide bonds. The molecule has 0 aromatic rings. The molecule has 0 aliphatic carbocycles. The highest BCUT2D eigenvalue weighted by molar-refractivity contribution is 5.76. The Morgan fingerprint density at radius 2 is 1.25 bits per heavy atom. The van der Waals surface area contributed by atoms with E-state index >= 15 is 0 Å². The average Bonchev–Trinajstić information content (AvgIpc) is 2.79. The molecule has 32 heavy (non-hydrogen) atoms. The first-order valence-electron chi connectivity index (χ1n) is 13.2. The summed E-state index contributed by atoms with van der Waals surface area (Å²) >= 11 is 0. The molecule has 0 aliphatic heterocycles. The van der Waals surface area contributed by atoms with Gasteiger partial charge in [-0.15, -0.1) is 0 Å². The van der Waals surface area contributed by atoms with Crippen molar-refractivity contribution in [1.82, 2.24) is 5.32 Å². The highest BCUT2D eigenvalue weighted by atomic mass is 16.3. The fourth-order valence-electron chi connectivity index (χ4n) is 3.46. The number of carbonyl (C=O) groups is 1. The van der Waals surface area contributed by atoms with Crippen molar-refractivity contribution in [3.63, 3.8) is 0 Å². The number of amides is 1. The van der Waals surface area contributed by atoms with Gasteiger partial charge in [-0.3, -0.25) is 4.79 Å². The molecule has 0 saturated heterocycles. The zero-order valence-electron chi connectivity index (χ0n) is 20.9. The Balaban J connectivity index is 3.84. The van der Waals surface area contributed by atoms with Crippen molar-refractivity contribution in [3.8, 4) is 0 Å². The molecule has 0 aliphatic rings. The van der Waals surface area contributed by atoms with Crippen LogP contribution in [0.3, 0.4) is 0 Å². The third-order valence-corrected chi connectivity index (χ3v) is 5.60. The van der Waals surface area contributed by atoms with Gasteiger partial charge >= 0.3 is 0 Å². The van der Waals surface area contributed by atoms with Crippen LogP contribution in [0, 0.1) is 0 Å². The minimum Gasteiger partial charge on any atom is -0.394 e. The lowest BCUT2D eigenvalue weighted by Crippen LogP contribution is -2.45. The highest BCUT2D eigenvalue weighted by Crippen LogP contribution is 2.08. The molecule has 0 heterocycles. The largest absolute Gasteiger partial charge is 0.394 e. The SMILES string of the molecule is CCCC/C=C\CCCCCCC(=O)NC(CO)C(O)/C=C/CC/C=C/CCCCCC. The van der Waals surface area contributed by atoms with Gasteiger partial charge < -0.3 is 15.5 Å². The summed E-state index contributed by atoms with van der Waals surface area (Å²) in [5, 5.41) is 22.5. The van der Waals surface area contributed by atoms with E-state index in [-0.39, 0.29) is 12.5 Å². The molecule has 0 saturated carbocycles. The molecule has 3 N–H and O–H groups in total. The van der Waals surface area contributed by atoms with Gasteiger partial charge in [0.15, 0.2) is 0 Å². The van der Waals surface area contributed by atoms with Gasteiger partial charge in [-0.2, -0.15) is 0 Å². The molecule has 4 heteroatoms. The Labute approximate surface area is 198 Å². The normalized spacial score (nSPS) is 14.0. The van der Waals surface area contributed by atoms with Crippen LogP contribution in [0.25, 0.3) is 0 Å². The molecule has 0 aromatic heterocycles. The van der Waals surface area contributed by atoms with E-state index in [1.165, 1.54) is 51.4 Å². The van der Waals surface area contributed by atoms with Crippen LogP contribution in [0.5, 0.6) is 0 Å². The van der Waals surface area contributed by atoms with E-state index in [0.29, 0.717) is 6.42 Å². The quantitative estimate of drug-likeness (QED) is 0.126. The fourth-order valence-corrected chi connectivity index (χ4v) is 3.46. The maximum Gasteiger partial charge on any atom is 0.220 e. The van der Waals surface area contributed by atoms with Crippen molar-refractivity contribution < 1.29 is 15.0 Å². The Bertz CT molecular complexity index is 499. The first-order valence-corrected chi connectivity index (χ1v) is 13.2. The molecule has 0 rings (SSSR count). The van der Waals surface area contributed by atoms with E-state index in [1.807, 2.05) is 6.08 Å². The van der Waals surface area contributed by atoms with Gasteiger partial charge in [-0.05, 0) is 51.4 Å². The van der Waals surface area contributed by atoms with Gasteiger partial charge in [0, 0.05) is 6.42 Å². The Morgan fingerprint density at radius 1 is 0.719 bits per heavy atom. The number of nitrogens with one attached hydrogen (secondary N) is 1.